The standard InChI is InChI=1S/C9H10N4S/c10-9-11-7(4-14-9)8-5-2-1-3-6(5)12-13-8/h4H,1-3H2,(H2,10,11)(H,12,13). The van der Waals surface area contributed by atoms with Crippen LogP contribution in [0.3, 0.4) is 0 Å². The van der Waals surface area contributed by atoms with E-state index >= 15 is 0 Å². The Balaban J connectivity index is 2.12. The van der Waals surface area contributed by atoms with Crippen LogP contribution in [0.1, 0.15) is 17.7 Å². The van der Waals surface area contributed by atoms with Gasteiger partial charge in [0.1, 0.15) is 11.4 Å². The van der Waals surface area contributed by atoms with Crippen LogP contribution >= 0.6 is 11.3 Å². The lowest BCUT2D eigenvalue weighted by Crippen LogP contribution is -1.86. The van der Waals surface area contributed by atoms with Crippen molar-refractivity contribution in [3.8, 4) is 11.4 Å². The lowest BCUT2D eigenvalue weighted by Gasteiger charge is -1.92. The average molecular weight is 206 g/mol. The molecule has 3 rings (SSSR count). The molecule has 4 nitrogen and oxygen atoms in total. The van der Waals surface area contributed by atoms with Gasteiger partial charge >= 0.3 is 0 Å². The van der Waals surface area contributed by atoms with Crippen LogP contribution in [0, 0.1) is 0 Å². The molecule has 2 aromatic rings. The molecular weight excluding hydrogens is 196 g/mol. The summed E-state index contributed by atoms with van der Waals surface area (Å²) in [6.45, 7) is 0. The zero-order chi connectivity index (χ0) is 9.54. The smallest absolute Gasteiger partial charge is 0.180 e. The number of H-pyrrole nitrogens is 1. The van der Waals surface area contributed by atoms with E-state index in [9.17, 15) is 0 Å². The van der Waals surface area contributed by atoms with Gasteiger partial charge in [0.25, 0.3) is 0 Å². The van der Waals surface area contributed by atoms with Crippen LogP contribution in [-0.2, 0) is 12.8 Å². The third kappa shape index (κ3) is 1.05. The van der Waals surface area contributed by atoms with Gasteiger partial charge in [-0.05, 0) is 19.3 Å². The first-order valence-corrected chi connectivity index (χ1v) is 5.50. The highest BCUT2D eigenvalue weighted by atomic mass is 32.1. The van der Waals surface area contributed by atoms with Gasteiger partial charge in [0.2, 0.25) is 0 Å². The van der Waals surface area contributed by atoms with E-state index in [1.807, 2.05) is 5.38 Å². The van der Waals surface area contributed by atoms with Gasteiger partial charge in [0.15, 0.2) is 5.13 Å². The fourth-order valence-corrected chi connectivity index (χ4v) is 2.48. The van der Waals surface area contributed by atoms with Crippen molar-refractivity contribution in [2.24, 2.45) is 0 Å². The van der Waals surface area contributed by atoms with Gasteiger partial charge in [-0.15, -0.1) is 11.3 Å². The van der Waals surface area contributed by atoms with E-state index < -0.39 is 0 Å². The first-order valence-electron chi connectivity index (χ1n) is 4.62. The molecular formula is C9H10N4S. The summed E-state index contributed by atoms with van der Waals surface area (Å²) < 4.78 is 0. The topological polar surface area (TPSA) is 67.6 Å². The Labute approximate surface area is 85.2 Å². The Morgan fingerprint density at radius 1 is 1.43 bits per heavy atom. The lowest BCUT2D eigenvalue weighted by atomic mass is 10.2. The minimum atomic E-state index is 0.606. The second-order valence-corrected chi connectivity index (χ2v) is 4.34. The van der Waals surface area contributed by atoms with Crippen LogP contribution in [0.5, 0.6) is 0 Å². The highest BCUT2D eigenvalue weighted by Crippen LogP contribution is 2.31. The van der Waals surface area contributed by atoms with Gasteiger partial charge in [0, 0.05) is 16.6 Å². The number of nitrogens with two attached hydrogens (primary N) is 1. The molecule has 0 fully saturated rings. The predicted molar refractivity (Wildman–Crippen MR) is 56.1 cm³/mol. The number of aryl methyl sites for hydroxylation is 1. The quantitative estimate of drug-likeness (QED) is 0.744. The summed E-state index contributed by atoms with van der Waals surface area (Å²) in [4.78, 5) is 4.24. The lowest BCUT2D eigenvalue weighted by molar-refractivity contribution is 0.866. The number of aromatic amines is 1. The maximum absolute atomic E-state index is 5.60. The Kier molecular flexibility index (Phi) is 1.61. The third-order valence-electron chi connectivity index (χ3n) is 2.57. The van der Waals surface area contributed by atoms with E-state index in [2.05, 4.69) is 15.2 Å². The molecule has 0 saturated heterocycles. The van der Waals surface area contributed by atoms with Crippen LogP contribution in [0.15, 0.2) is 5.38 Å². The highest BCUT2D eigenvalue weighted by Gasteiger charge is 2.20. The monoisotopic (exact) mass is 206 g/mol. The number of nitrogens with one attached hydrogen (secondary N) is 1. The molecule has 1 aliphatic carbocycles. The van der Waals surface area contributed by atoms with Crippen molar-refractivity contribution in [2.45, 2.75) is 19.3 Å². The van der Waals surface area contributed by atoms with E-state index in [0.29, 0.717) is 5.13 Å². The molecule has 1 aliphatic rings. The summed E-state index contributed by atoms with van der Waals surface area (Å²) in [5.74, 6) is 0. The molecule has 0 saturated carbocycles. The molecule has 2 aromatic heterocycles. The van der Waals surface area contributed by atoms with Gasteiger partial charge in [0.05, 0.1) is 0 Å². The van der Waals surface area contributed by atoms with Gasteiger partial charge in [-0.3, -0.25) is 5.10 Å². The molecule has 14 heavy (non-hydrogen) atoms. The van der Waals surface area contributed by atoms with Crippen molar-refractivity contribution < 1.29 is 0 Å². The Bertz CT molecular complexity index is 471. The summed E-state index contributed by atoms with van der Waals surface area (Å²) in [5.41, 5.74) is 10.1. The zero-order valence-electron chi connectivity index (χ0n) is 7.58. The number of hydrogen-bond acceptors (Lipinski definition) is 4. The van der Waals surface area contributed by atoms with Crippen LogP contribution in [0.2, 0.25) is 0 Å². The summed E-state index contributed by atoms with van der Waals surface area (Å²) in [6, 6.07) is 0. The molecule has 0 aliphatic heterocycles. The molecule has 0 radical (unpaired) electrons. The Hall–Kier alpha value is -1.36. The molecule has 0 spiro atoms. The number of aromatic nitrogens is 3. The van der Waals surface area contributed by atoms with E-state index in [1.165, 1.54) is 29.0 Å². The second-order valence-electron chi connectivity index (χ2n) is 3.45. The number of hydrogen-bond donors (Lipinski definition) is 2. The molecule has 0 amide bonds. The summed E-state index contributed by atoms with van der Waals surface area (Å²) in [5, 5.41) is 9.92. The van der Waals surface area contributed by atoms with Crippen LogP contribution in [-0.4, -0.2) is 15.2 Å². The number of nitrogen functional groups attached to an aromatic ring is 1. The molecule has 0 aromatic carbocycles. The minimum absolute atomic E-state index is 0.606. The van der Waals surface area contributed by atoms with Gasteiger partial charge in [-0.1, -0.05) is 0 Å². The van der Waals surface area contributed by atoms with Gasteiger partial charge < -0.3 is 5.73 Å². The largest absolute Gasteiger partial charge is 0.375 e. The minimum Gasteiger partial charge on any atom is -0.375 e. The van der Waals surface area contributed by atoms with Gasteiger partial charge in [-0.25, -0.2) is 4.98 Å². The van der Waals surface area contributed by atoms with Crippen molar-refractivity contribution in [3.63, 3.8) is 0 Å². The average Bonchev–Trinajstić information content (AvgIpc) is 2.77. The summed E-state index contributed by atoms with van der Waals surface area (Å²) >= 11 is 1.46. The van der Waals surface area contributed by atoms with Crippen LogP contribution in [0.25, 0.3) is 11.4 Å². The zero-order valence-corrected chi connectivity index (χ0v) is 8.40. The van der Waals surface area contributed by atoms with Crippen LogP contribution in [0.4, 0.5) is 5.13 Å². The first kappa shape index (κ1) is 7.99. The van der Waals surface area contributed by atoms with Crippen molar-refractivity contribution in [3.05, 3.63) is 16.6 Å². The van der Waals surface area contributed by atoms with Crippen LogP contribution < -0.4 is 5.73 Å². The van der Waals surface area contributed by atoms with E-state index in [-0.39, 0.29) is 0 Å². The van der Waals surface area contributed by atoms with E-state index in [1.54, 1.807) is 0 Å². The van der Waals surface area contributed by atoms with Crippen molar-refractivity contribution in [1.29, 1.82) is 0 Å². The third-order valence-corrected chi connectivity index (χ3v) is 3.24. The number of rotatable bonds is 1. The Morgan fingerprint density at radius 3 is 3.14 bits per heavy atom. The molecule has 3 N–H and O–H groups in total. The predicted octanol–water partition coefficient (Wildman–Crippen LogP) is 1.60. The maximum atomic E-state index is 5.60. The SMILES string of the molecule is Nc1nc(-c2n[nH]c3c2CCC3)cs1. The molecule has 0 unspecified atom stereocenters. The van der Waals surface area contributed by atoms with Crippen molar-refractivity contribution in [2.75, 3.05) is 5.73 Å². The fourth-order valence-electron chi connectivity index (χ4n) is 1.93. The molecule has 0 bridgehead atoms. The van der Waals surface area contributed by atoms with Crippen molar-refractivity contribution >= 4 is 16.5 Å². The molecule has 72 valence electrons. The van der Waals surface area contributed by atoms with Gasteiger partial charge in [-0.2, -0.15) is 5.10 Å². The maximum Gasteiger partial charge on any atom is 0.180 e. The van der Waals surface area contributed by atoms with E-state index in [0.717, 1.165) is 24.2 Å². The summed E-state index contributed by atoms with van der Waals surface area (Å²) in [6.07, 6.45) is 3.44. The number of fused-ring (bicyclic) bond motifs is 1. The Morgan fingerprint density at radius 2 is 2.36 bits per heavy atom. The molecule has 0 atom stereocenters. The summed E-state index contributed by atoms with van der Waals surface area (Å²) in [7, 11) is 0. The van der Waals surface area contributed by atoms with Crippen molar-refractivity contribution in [1.82, 2.24) is 15.2 Å². The first-order chi connectivity index (χ1) is 6.84. The normalized spacial score (nSPS) is 14.6. The fraction of sp³-hybridized carbons (Fsp3) is 0.333. The number of anilines is 1. The molecule has 5 heteroatoms. The second kappa shape index (κ2) is 2.81. The van der Waals surface area contributed by atoms with E-state index in [4.69, 9.17) is 5.73 Å². The number of thiazole rings is 1. The highest BCUT2D eigenvalue weighted by molar-refractivity contribution is 7.13. The number of nitrogens with zero attached hydrogens (tertiary/aromatic N) is 2. The molecule has 2 heterocycles.